The first-order valence-electron chi connectivity index (χ1n) is 9.24. The van der Waals surface area contributed by atoms with Crippen molar-refractivity contribution in [2.24, 2.45) is 23.5 Å². The first-order valence-corrected chi connectivity index (χ1v) is 9.24. The van der Waals surface area contributed by atoms with Gasteiger partial charge in [-0.25, -0.2) is 4.98 Å². The predicted octanol–water partition coefficient (Wildman–Crippen LogP) is 3.11. The first kappa shape index (κ1) is 16.3. The molecule has 5 heteroatoms. The molecular formula is C20H25N3O2. The van der Waals surface area contributed by atoms with Crippen molar-refractivity contribution in [2.75, 3.05) is 0 Å². The zero-order valence-electron chi connectivity index (χ0n) is 14.4. The molecule has 2 aromatic rings. The number of oxazole rings is 1. The molecule has 1 aromatic carbocycles. The highest BCUT2D eigenvalue weighted by Gasteiger charge is 2.40. The van der Waals surface area contributed by atoms with Gasteiger partial charge in [-0.15, -0.1) is 0 Å². The second-order valence-corrected chi connectivity index (χ2v) is 7.42. The normalized spacial score (nSPS) is 28.5. The smallest absolute Gasteiger partial charge is 0.226 e. The number of fused-ring (bicyclic) bond motifs is 2. The van der Waals surface area contributed by atoms with Gasteiger partial charge in [0.15, 0.2) is 0 Å². The summed E-state index contributed by atoms with van der Waals surface area (Å²) in [6.45, 7) is 0.410. The third kappa shape index (κ3) is 3.47. The van der Waals surface area contributed by atoms with Gasteiger partial charge in [-0.2, -0.15) is 0 Å². The van der Waals surface area contributed by atoms with Gasteiger partial charge >= 0.3 is 0 Å². The van der Waals surface area contributed by atoms with Gasteiger partial charge in [0.1, 0.15) is 6.26 Å². The maximum atomic E-state index is 12.6. The van der Waals surface area contributed by atoms with E-state index in [9.17, 15) is 4.79 Å². The van der Waals surface area contributed by atoms with E-state index in [1.54, 1.807) is 6.26 Å². The van der Waals surface area contributed by atoms with Crippen molar-refractivity contribution < 1.29 is 9.21 Å². The van der Waals surface area contributed by atoms with E-state index in [-0.39, 0.29) is 11.8 Å². The van der Waals surface area contributed by atoms with E-state index in [1.807, 2.05) is 30.3 Å². The molecule has 3 N–H and O–H groups in total. The number of hydrogen-bond donors (Lipinski definition) is 2. The maximum absolute atomic E-state index is 12.6. The Balaban J connectivity index is 1.34. The van der Waals surface area contributed by atoms with E-state index < -0.39 is 0 Å². The van der Waals surface area contributed by atoms with E-state index in [0.29, 0.717) is 30.3 Å². The molecule has 1 aromatic heterocycles. The van der Waals surface area contributed by atoms with Crippen molar-refractivity contribution in [3.63, 3.8) is 0 Å². The van der Waals surface area contributed by atoms with Crippen molar-refractivity contribution in [3.05, 3.63) is 42.3 Å². The Hall–Kier alpha value is -2.14. The molecule has 132 valence electrons. The van der Waals surface area contributed by atoms with Gasteiger partial charge in [0.25, 0.3) is 0 Å². The van der Waals surface area contributed by atoms with Crippen LogP contribution in [0.1, 0.15) is 37.8 Å². The number of nitrogens with one attached hydrogen (secondary N) is 1. The average molecular weight is 339 g/mol. The lowest BCUT2D eigenvalue weighted by Crippen LogP contribution is -2.49. The van der Waals surface area contributed by atoms with Crippen molar-refractivity contribution in [2.45, 2.75) is 44.7 Å². The minimum atomic E-state index is 0.0931. The molecule has 0 spiro atoms. The first-order chi connectivity index (χ1) is 12.2. The lowest BCUT2D eigenvalue weighted by Gasteiger charge is -2.43. The Morgan fingerprint density at radius 3 is 2.64 bits per heavy atom. The predicted molar refractivity (Wildman–Crippen MR) is 95.3 cm³/mol. The van der Waals surface area contributed by atoms with Gasteiger partial charge in [0.05, 0.1) is 12.2 Å². The van der Waals surface area contributed by atoms with Crippen molar-refractivity contribution in [1.82, 2.24) is 10.3 Å². The summed E-state index contributed by atoms with van der Waals surface area (Å²) in [5.41, 5.74) is 8.00. The number of amides is 1. The summed E-state index contributed by atoms with van der Waals surface area (Å²) in [4.78, 5) is 17.0. The van der Waals surface area contributed by atoms with E-state index in [2.05, 4.69) is 10.3 Å². The largest absolute Gasteiger partial charge is 0.444 e. The fourth-order valence-corrected chi connectivity index (χ4v) is 4.43. The Labute approximate surface area is 148 Å². The highest BCUT2D eigenvalue weighted by atomic mass is 16.3. The number of rotatable bonds is 4. The molecule has 1 heterocycles. The molecule has 2 unspecified atom stereocenters. The van der Waals surface area contributed by atoms with Crippen molar-refractivity contribution >= 4 is 5.91 Å². The highest BCUT2D eigenvalue weighted by Crippen LogP contribution is 2.41. The molecule has 2 atom stereocenters. The second kappa shape index (κ2) is 7.00. The number of carbonyl (C=O) groups excluding carboxylic acids is 1. The number of aromatic nitrogens is 1. The lowest BCUT2D eigenvalue weighted by atomic mass is 9.65. The number of benzene rings is 1. The van der Waals surface area contributed by atoms with Gasteiger partial charge in [0.2, 0.25) is 11.8 Å². The Morgan fingerprint density at radius 1 is 1.20 bits per heavy atom. The minimum absolute atomic E-state index is 0.0931. The Morgan fingerprint density at radius 2 is 1.92 bits per heavy atom. The molecule has 2 aliphatic rings. The SMILES string of the molecule is NC1C2CCCC1CC(C(=O)NCc1coc(-c3ccccc3)n1)C2. The fourth-order valence-electron chi connectivity index (χ4n) is 4.43. The van der Waals surface area contributed by atoms with Crippen LogP contribution < -0.4 is 11.1 Å². The molecule has 2 bridgehead atoms. The van der Waals surface area contributed by atoms with E-state index in [0.717, 1.165) is 24.1 Å². The molecule has 2 fully saturated rings. The number of carbonyl (C=O) groups is 1. The van der Waals surface area contributed by atoms with E-state index >= 15 is 0 Å². The molecule has 0 saturated heterocycles. The van der Waals surface area contributed by atoms with E-state index in [4.69, 9.17) is 10.2 Å². The zero-order chi connectivity index (χ0) is 17.2. The van der Waals surface area contributed by atoms with Crippen LogP contribution in [0.15, 0.2) is 41.0 Å². The van der Waals surface area contributed by atoms with Crippen LogP contribution in [-0.4, -0.2) is 16.9 Å². The Kier molecular flexibility index (Phi) is 4.57. The van der Waals surface area contributed by atoms with Crippen LogP contribution in [0, 0.1) is 17.8 Å². The molecular weight excluding hydrogens is 314 g/mol. The van der Waals surface area contributed by atoms with Gasteiger partial charge in [-0.3, -0.25) is 4.79 Å². The third-order valence-corrected chi connectivity index (χ3v) is 5.80. The summed E-state index contributed by atoms with van der Waals surface area (Å²) in [6.07, 6.45) is 7.08. The monoisotopic (exact) mass is 339 g/mol. The van der Waals surface area contributed by atoms with Gasteiger partial charge in [0, 0.05) is 17.5 Å². The summed E-state index contributed by atoms with van der Waals surface area (Å²) in [7, 11) is 0. The Bertz CT molecular complexity index is 714. The molecule has 1 amide bonds. The number of hydrogen-bond acceptors (Lipinski definition) is 4. The highest BCUT2D eigenvalue weighted by molar-refractivity contribution is 5.78. The van der Waals surface area contributed by atoms with Crippen molar-refractivity contribution in [3.8, 4) is 11.5 Å². The second-order valence-electron chi connectivity index (χ2n) is 7.42. The molecule has 2 saturated carbocycles. The molecule has 5 nitrogen and oxygen atoms in total. The summed E-state index contributed by atoms with van der Waals surface area (Å²) < 4.78 is 5.52. The number of nitrogens with two attached hydrogens (primary N) is 1. The summed E-state index contributed by atoms with van der Waals surface area (Å²) in [6, 6.07) is 10.1. The van der Waals surface area contributed by atoms with Crippen LogP contribution in [-0.2, 0) is 11.3 Å². The van der Waals surface area contributed by atoms with Crippen LogP contribution in [0.5, 0.6) is 0 Å². The summed E-state index contributed by atoms with van der Waals surface area (Å²) >= 11 is 0. The maximum Gasteiger partial charge on any atom is 0.226 e. The lowest BCUT2D eigenvalue weighted by molar-refractivity contribution is -0.128. The third-order valence-electron chi connectivity index (χ3n) is 5.80. The standard InChI is InChI=1S/C20H25N3O2/c21-18-14-7-4-8-15(18)10-16(9-14)19(24)22-11-17-12-25-20(23-17)13-5-2-1-3-6-13/h1-3,5-6,12,14-16,18H,4,7-11,21H2,(H,22,24). The van der Waals surface area contributed by atoms with Crippen molar-refractivity contribution in [1.29, 1.82) is 0 Å². The van der Waals surface area contributed by atoms with Crippen LogP contribution in [0.4, 0.5) is 0 Å². The average Bonchev–Trinajstić information content (AvgIpc) is 3.09. The fraction of sp³-hybridized carbons (Fsp3) is 0.500. The zero-order valence-corrected chi connectivity index (χ0v) is 14.4. The van der Waals surface area contributed by atoms with Crippen LogP contribution in [0.3, 0.4) is 0 Å². The van der Waals surface area contributed by atoms with Crippen LogP contribution >= 0.6 is 0 Å². The molecule has 4 rings (SSSR count). The van der Waals surface area contributed by atoms with Gasteiger partial charge in [-0.05, 0) is 49.7 Å². The van der Waals surface area contributed by atoms with Crippen LogP contribution in [0.25, 0.3) is 11.5 Å². The molecule has 25 heavy (non-hydrogen) atoms. The van der Waals surface area contributed by atoms with Gasteiger partial charge < -0.3 is 15.5 Å². The van der Waals surface area contributed by atoms with Crippen LogP contribution in [0.2, 0.25) is 0 Å². The summed E-state index contributed by atoms with van der Waals surface area (Å²) in [5.74, 6) is 1.84. The molecule has 2 aliphatic carbocycles. The topological polar surface area (TPSA) is 81.2 Å². The minimum Gasteiger partial charge on any atom is -0.444 e. The quantitative estimate of drug-likeness (QED) is 0.897. The molecule has 0 aliphatic heterocycles. The molecule has 0 radical (unpaired) electrons. The summed E-state index contributed by atoms with van der Waals surface area (Å²) in [5, 5.41) is 3.04. The van der Waals surface area contributed by atoms with E-state index in [1.165, 1.54) is 19.3 Å². The van der Waals surface area contributed by atoms with Gasteiger partial charge in [-0.1, -0.05) is 24.6 Å². The number of nitrogens with zero attached hydrogens (tertiary/aromatic N) is 1.